The minimum atomic E-state index is -4.60. The second kappa shape index (κ2) is 11.0. The van der Waals surface area contributed by atoms with E-state index in [1.54, 1.807) is 25.1 Å². The molecule has 2 atom stereocenters. The highest BCUT2D eigenvalue weighted by atomic mass is 19.4. The minimum Gasteiger partial charge on any atom is -0.493 e. The highest BCUT2D eigenvalue weighted by Gasteiger charge is 2.40. The highest BCUT2D eigenvalue weighted by Crippen LogP contribution is 2.40. The number of rotatable bonds is 8. The summed E-state index contributed by atoms with van der Waals surface area (Å²) in [6, 6.07) is 16.6. The molecule has 1 amide bonds. The van der Waals surface area contributed by atoms with Crippen LogP contribution in [0.5, 0.6) is 17.2 Å². The van der Waals surface area contributed by atoms with E-state index in [9.17, 15) is 22.8 Å². The molecule has 200 valence electrons. The average Bonchev–Trinajstić information content (AvgIpc) is 3.16. The van der Waals surface area contributed by atoms with Gasteiger partial charge in [-0.2, -0.15) is 13.2 Å². The number of alkyl halides is 3. The summed E-state index contributed by atoms with van der Waals surface area (Å²) in [4.78, 5) is 25.3. The Morgan fingerprint density at radius 2 is 1.71 bits per heavy atom. The number of halogens is 3. The molecule has 0 spiro atoms. The lowest BCUT2D eigenvalue weighted by Gasteiger charge is -2.23. The third kappa shape index (κ3) is 6.01. The zero-order valence-corrected chi connectivity index (χ0v) is 21.0. The molecule has 10 heteroatoms. The third-order valence-electron chi connectivity index (χ3n) is 6.14. The first kappa shape index (κ1) is 26.8. The molecule has 4 rings (SSSR count). The normalized spacial score (nSPS) is 17.2. The van der Waals surface area contributed by atoms with Crippen molar-refractivity contribution < 1.29 is 41.7 Å². The van der Waals surface area contributed by atoms with Crippen molar-refractivity contribution in [2.75, 3.05) is 7.11 Å². The van der Waals surface area contributed by atoms with Crippen LogP contribution in [-0.2, 0) is 33.6 Å². The van der Waals surface area contributed by atoms with Gasteiger partial charge in [-0.05, 0) is 48.4 Å². The molecule has 1 aliphatic heterocycles. The SMILES string of the molecule is COc1ccc(COC(C)=O)cc1Oc1ccc(C(F)(F)F)cc1CN1C(=O)O[C@@H](c2ccccc2)[C@H]1C. The summed E-state index contributed by atoms with van der Waals surface area (Å²) in [5.41, 5.74) is 0.623. The Morgan fingerprint density at radius 1 is 1.00 bits per heavy atom. The number of amides is 1. The average molecular weight is 530 g/mol. The first-order valence-electron chi connectivity index (χ1n) is 11.8. The molecule has 1 heterocycles. The number of ether oxygens (including phenoxy) is 4. The summed E-state index contributed by atoms with van der Waals surface area (Å²) in [6.45, 7) is 2.85. The quantitative estimate of drug-likeness (QED) is 0.304. The number of hydrogen-bond acceptors (Lipinski definition) is 6. The standard InChI is InChI=1S/C28H26F3NO6/c1-17-26(20-7-5-4-6-8-20)38-27(34)32(17)15-21-14-22(28(29,30)31)10-12-23(21)37-25-13-19(16-36-18(2)33)9-11-24(25)35-3/h4-14,17,26H,15-16H2,1-3H3/t17-,26-/m1/s1. The minimum absolute atomic E-state index is 0.0203. The van der Waals surface area contributed by atoms with Gasteiger partial charge >= 0.3 is 18.2 Å². The fourth-order valence-corrected chi connectivity index (χ4v) is 4.16. The van der Waals surface area contributed by atoms with Crippen LogP contribution in [0.3, 0.4) is 0 Å². The molecule has 1 aliphatic rings. The molecule has 0 saturated carbocycles. The Morgan fingerprint density at radius 3 is 2.37 bits per heavy atom. The Labute approximate surface area is 217 Å². The van der Waals surface area contributed by atoms with E-state index in [2.05, 4.69) is 0 Å². The van der Waals surface area contributed by atoms with E-state index in [4.69, 9.17) is 18.9 Å². The molecule has 1 saturated heterocycles. The van der Waals surface area contributed by atoms with Crippen LogP contribution in [0.1, 0.15) is 42.2 Å². The molecule has 0 unspecified atom stereocenters. The van der Waals surface area contributed by atoms with E-state index in [1.165, 1.54) is 25.0 Å². The molecule has 0 N–H and O–H groups in total. The van der Waals surface area contributed by atoms with Crippen LogP contribution in [0.2, 0.25) is 0 Å². The maximum atomic E-state index is 13.6. The number of methoxy groups -OCH3 is 1. The van der Waals surface area contributed by atoms with Crippen molar-refractivity contribution >= 4 is 12.1 Å². The van der Waals surface area contributed by atoms with Gasteiger partial charge < -0.3 is 18.9 Å². The summed E-state index contributed by atoms with van der Waals surface area (Å²) in [5, 5.41) is 0. The summed E-state index contributed by atoms with van der Waals surface area (Å²) in [5.74, 6) is 0.163. The molecule has 0 aromatic heterocycles. The van der Waals surface area contributed by atoms with E-state index in [-0.39, 0.29) is 30.2 Å². The number of carbonyl (C=O) groups excluding carboxylic acids is 2. The predicted octanol–water partition coefficient (Wildman–Crippen LogP) is 6.65. The molecular formula is C28H26F3NO6. The van der Waals surface area contributed by atoms with Crippen molar-refractivity contribution in [1.29, 1.82) is 0 Å². The number of hydrogen-bond donors (Lipinski definition) is 0. The van der Waals surface area contributed by atoms with Gasteiger partial charge in [-0.1, -0.05) is 36.4 Å². The zero-order valence-electron chi connectivity index (χ0n) is 21.0. The molecule has 0 radical (unpaired) electrons. The van der Waals surface area contributed by atoms with E-state index < -0.39 is 35.9 Å². The first-order valence-corrected chi connectivity index (χ1v) is 11.8. The molecule has 38 heavy (non-hydrogen) atoms. The topological polar surface area (TPSA) is 74.3 Å². The third-order valence-corrected chi connectivity index (χ3v) is 6.14. The largest absolute Gasteiger partial charge is 0.493 e. The fourth-order valence-electron chi connectivity index (χ4n) is 4.16. The molecule has 1 fully saturated rings. The molecule has 3 aromatic carbocycles. The number of benzene rings is 3. The van der Waals surface area contributed by atoms with Crippen molar-refractivity contribution in [2.45, 2.75) is 45.3 Å². The lowest BCUT2D eigenvalue weighted by atomic mass is 10.0. The smallest absolute Gasteiger partial charge is 0.416 e. The van der Waals surface area contributed by atoms with Gasteiger partial charge in [0.1, 0.15) is 18.5 Å². The fraction of sp³-hybridized carbons (Fsp3) is 0.286. The molecule has 7 nitrogen and oxygen atoms in total. The van der Waals surface area contributed by atoms with Crippen molar-refractivity contribution in [3.8, 4) is 17.2 Å². The summed E-state index contributed by atoms with van der Waals surface area (Å²) in [6.07, 6.45) is -5.81. The van der Waals surface area contributed by atoms with Crippen LogP contribution in [0.25, 0.3) is 0 Å². The zero-order chi connectivity index (χ0) is 27.4. The Hall–Kier alpha value is -4.21. The van der Waals surface area contributed by atoms with Crippen LogP contribution in [0.15, 0.2) is 66.7 Å². The van der Waals surface area contributed by atoms with Gasteiger partial charge in [0.05, 0.1) is 25.3 Å². The van der Waals surface area contributed by atoms with Gasteiger partial charge in [0.25, 0.3) is 0 Å². The van der Waals surface area contributed by atoms with Gasteiger partial charge in [0.2, 0.25) is 0 Å². The van der Waals surface area contributed by atoms with Crippen LogP contribution in [-0.4, -0.2) is 30.1 Å². The van der Waals surface area contributed by atoms with E-state index in [0.717, 1.165) is 17.7 Å². The van der Waals surface area contributed by atoms with Gasteiger partial charge in [-0.25, -0.2) is 4.79 Å². The molecule has 0 bridgehead atoms. The van der Waals surface area contributed by atoms with Crippen molar-refractivity contribution in [2.24, 2.45) is 0 Å². The monoisotopic (exact) mass is 529 g/mol. The van der Waals surface area contributed by atoms with Gasteiger partial charge in [-0.15, -0.1) is 0 Å². The summed E-state index contributed by atoms with van der Waals surface area (Å²) < 4.78 is 62.7. The van der Waals surface area contributed by atoms with Crippen molar-refractivity contribution in [3.05, 3.63) is 89.0 Å². The second-order valence-corrected chi connectivity index (χ2v) is 8.77. The van der Waals surface area contributed by atoms with Crippen LogP contribution < -0.4 is 9.47 Å². The number of carbonyl (C=O) groups is 2. The Bertz CT molecular complexity index is 1310. The van der Waals surface area contributed by atoms with Gasteiger partial charge in [-0.3, -0.25) is 9.69 Å². The lowest BCUT2D eigenvalue weighted by molar-refractivity contribution is -0.142. The van der Waals surface area contributed by atoms with Crippen LogP contribution in [0, 0.1) is 0 Å². The van der Waals surface area contributed by atoms with Gasteiger partial charge in [0, 0.05) is 12.5 Å². The lowest BCUT2D eigenvalue weighted by Crippen LogP contribution is -2.31. The van der Waals surface area contributed by atoms with Gasteiger partial charge in [0.15, 0.2) is 11.5 Å². The molecular weight excluding hydrogens is 503 g/mol. The molecule has 0 aliphatic carbocycles. The molecule has 3 aromatic rings. The van der Waals surface area contributed by atoms with E-state index in [0.29, 0.717) is 11.3 Å². The number of cyclic esters (lactones) is 1. The van der Waals surface area contributed by atoms with E-state index in [1.807, 2.05) is 30.3 Å². The Balaban J connectivity index is 1.67. The Kier molecular flexibility index (Phi) is 7.80. The van der Waals surface area contributed by atoms with Crippen LogP contribution >= 0.6 is 0 Å². The van der Waals surface area contributed by atoms with Crippen molar-refractivity contribution in [1.82, 2.24) is 4.90 Å². The number of nitrogens with zero attached hydrogens (tertiary/aromatic N) is 1. The maximum absolute atomic E-state index is 13.6. The van der Waals surface area contributed by atoms with Crippen molar-refractivity contribution in [3.63, 3.8) is 0 Å². The second-order valence-electron chi connectivity index (χ2n) is 8.77. The summed E-state index contributed by atoms with van der Waals surface area (Å²) in [7, 11) is 1.42. The maximum Gasteiger partial charge on any atom is 0.416 e. The highest BCUT2D eigenvalue weighted by molar-refractivity contribution is 5.71. The van der Waals surface area contributed by atoms with E-state index >= 15 is 0 Å². The number of esters is 1. The summed E-state index contributed by atoms with van der Waals surface area (Å²) >= 11 is 0. The first-order chi connectivity index (χ1) is 18.1. The van der Waals surface area contributed by atoms with Crippen LogP contribution in [0.4, 0.5) is 18.0 Å². The predicted molar refractivity (Wildman–Crippen MR) is 131 cm³/mol.